The molecule has 1 amide bonds. The summed E-state index contributed by atoms with van der Waals surface area (Å²) in [6, 6.07) is 26.1. The van der Waals surface area contributed by atoms with Gasteiger partial charge < -0.3 is 5.32 Å². The molecule has 36 heavy (non-hydrogen) atoms. The molecule has 5 rings (SSSR count). The Morgan fingerprint density at radius 2 is 1.33 bits per heavy atom. The quantitative estimate of drug-likeness (QED) is 0.229. The molecule has 7 heteroatoms. The predicted octanol–water partition coefficient (Wildman–Crippen LogP) is 6.90. The number of nitrogens with one attached hydrogen (secondary N) is 2. The van der Waals surface area contributed by atoms with Crippen LogP contribution < -0.4 is 10.7 Å². The lowest BCUT2D eigenvalue weighted by molar-refractivity contribution is -0.139. The van der Waals surface area contributed by atoms with E-state index in [4.69, 9.17) is 0 Å². The number of rotatable bonds is 6. The van der Waals surface area contributed by atoms with E-state index in [0.29, 0.717) is 29.9 Å². The third kappa shape index (κ3) is 3.63. The van der Waals surface area contributed by atoms with E-state index in [2.05, 4.69) is 26.1 Å². The van der Waals surface area contributed by atoms with E-state index >= 15 is 0 Å². The summed E-state index contributed by atoms with van der Waals surface area (Å²) in [6.45, 7) is 6.07. The standard InChI is InChI=1S/C29H29N5O2/c1-27(2)28(3)18-19-29(27,25(35)24(28)34-33-22-12-8-5-9-13-22)26(36)30-20-14-16-23(17-15-20)32-31-21-10-6-4-7-11-21/h4-17,33H,18-19H2,1-3H3,(H,30,36). The molecule has 2 atom stereocenters. The van der Waals surface area contributed by atoms with E-state index in [9.17, 15) is 9.59 Å². The lowest BCUT2D eigenvalue weighted by atomic mass is 9.64. The van der Waals surface area contributed by atoms with Gasteiger partial charge in [0.2, 0.25) is 5.91 Å². The topological polar surface area (TPSA) is 95.3 Å². The molecule has 2 aliphatic rings. The maximum Gasteiger partial charge on any atom is 0.239 e. The normalized spacial score (nSPS) is 25.4. The number of amides is 1. The minimum atomic E-state index is -1.18. The predicted molar refractivity (Wildman–Crippen MR) is 142 cm³/mol. The maximum absolute atomic E-state index is 13.8. The summed E-state index contributed by atoms with van der Waals surface area (Å²) < 4.78 is 0. The number of hydrazone groups is 1. The van der Waals surface area contributed by atoms with Crippen molar-refractivity contribution in [1.29, 1.82) is 0 Å². The third-order valence-corrected chi connectivity index (χ3v) is 8.19. The Morgan fingerprint density at radius 3 is 1.97 bits per heavy atom. The summed E-state index contributed by atoms with van der Waals surface area (Å²) >= 11 is 0. The van der Waals surface area contributed by atoms with Gasteiger partial charge >= 0.3 is 0 Å². The van der Waals surface area contributed by atoms with Crippen molar-refractivity contribution in [2.45, 2.75) is 33.6 Å². The summed E-state index contributed by atoms with van der Waals surface area (Å²) in [5.41, 5.74) is 4.01. The zero-order valence-corrected chi connectivity index (χ0v) is 20.7. The van der Waals surface area contributed by atoms with Gasteiger partial charge in [0, 0.05) is 11.1 Å². The van der Waals surface area contributed by atoms with Crippen molar-refractivity contribution in [3.8, 4) is 0 Å². The molecule has 2 aliphatic carbocycles. The van der Waals surface area contributed by atoms with E-state index in [0.717, 1.165) is 11.4 Å². The second-order valence-corrected chi connectivity index (χ2v) is 10.2. The molecular formula is C29H29N5O2. The molecule has 2 unspecified atom stereocenters. The van der Waals surface area contributed by atoms with Crippen LogP contribution in [0.2, 0.25) is 0 Å². The first-order chi connectivity index (χ1) is 17.3. The Balaban J connectivity index is 1.36. The molecule has 0 saturated heterocycles. The van der Waals surface area contributed by atoms with Gasteiger partial charge in [-0.15, -0.1) is 0 Å². The van der Waals surface area contributed by atoms with Gasteiger partial charge in [-0.1, -0.05) is 57.2 Å². The molecular weight excluding hydrogens is 450 g/mol. The van der Waals surface area contributed by atoms with Crippen molar-refractivity contribution in [2.24, 2.45) is 31.6 Å². The molecule has 3 aromatic carbocycles. The molecule has 0 spiro atoms. The third-order valence-electron chi connectivity index (χ3n) is 8.19. The average molecular weight is 480 g/mol. The highest BCUT2D eigenvalue weighted by molar-refractivity contribution is 6.51. The summed E-state index contributed by atoms with van der Waals surface area (Å²) in [4.78, 5) is 27.5. The number of azo groups is 1. The highest BCUT2D eigenvalue weighted by atomic mass is 16.2. The number of hydrogen-bond acceptors (Lipinski definition) is 6. The number of fused-ring (bicyclic) bond motifs is 2. The number of nitrogens with zero attached hydrogens (tertiary/aromatic N) is 3. The molecule has 3 aromatic rings. The molecule has 182 valence electrons. The lowest BCUT2D eigenvalue weighted by Gasteiger charge is -2.37. The summed E-state index contributed by atoms with van der Waals surface area (Å²) in [6.07, 6.45) is 1.21. The van der Waals surface area contributed by atoms with Crippen molar-refractivity contribution in [2.75, 3.05) is 10.7 Å². The van der Waals surface area contributed by atoms with Crippen molar-refractivity contribution in [3.05, 3.63) is 84.9 Å². The second-order valence-electron chi connectivity index (χ2n) is 10.2. The van der Waals surface area contributed by atoms with Crippen LogP contribution in [0.15, 0.2) is 100 Å². The fraction of sp³-hybridized carbons (Fsp3) is 0.276. The number of para-hydroxylation sites is 1. The van der Waals surface area contributed by atoms with E-state index in [1.807, 2.05) is 81.4 Å². The van der Waals surface area contributed by atoms with Crippen molar-refractivity contribution in [1.82, 2.24) is 0 Å². The van der Waals surface area contributed by atoms with Gasteiger partial charge in [-0.2, -0.15) is 15.3 Å². The molecule has 0 radical (unpaired) electrons. The first-order valence-corrected chi connectivity index (χ1v) is 12.1. The van der Waals surface area contributed by atoms with Gasteiger partial charge in [0.25, 0.3) is 0 Å². The molecule has 2 saturated carbocycles. The Bertz CT molecular complexity index is 1350. The fourth-order valence-corrected chi connectivity index (χ4v) is 5.57. The number of carbonyl (C=O) groups excluding carboxylic acids is 2. The van der Waals surface area contributed by atoms with Crippen LogP contribution in [0, 0.1) is 16.2 Å². The number of carbonyl (C=O) groups is 2. The van der Waals surface area contributed by atoms with Crippen LogP contribution in [-0.2, 0) is 9.59 Å². The van der Waals surface area contributed by atoms with Crippen molar-refractivity contribution < 1.29 is 9.59 Å². The van der Waals surface area contributed by atoms with Crippen molar-refractivity contribution in [3.63, 3.8) is 0 Å². The van der Waals surface area contributed by atoms with E-state index in [-0.39, 0.29) is 11.7 Å². The van der Waals surface area contributed by atoms with Crippen LogP contribution in [0.25, 0.3) is 0 Å². The fourth-order valence-electron chi connectivity index (χ4n) is 5.57. The van der Waals surface area contributed by atoms with Crippen molar-refractivity contribution >= 4 is 40.2 Å². The van der Waals surface area contributed by atoms with Gasteiger partial charge in [0.1, 0.15) is 11.1 Å². The Morgan fingerprint density at radius 1 is 0.750 bits per heavy atom. The average Bonchev–Trinajstić information content (AvgIpc) is 3.17. The summed E-state index contributed by atoms with van der Waals surface area (Å²) in [7, 11) is 0. The highest BCUT2D eigenvalue weighted by Crippen LogP contribution is 2.69. The minimum Gasteiger partial charge on any atom is -0.325 e. The maximum atomic E-state index is 13.8. The van der Waals surface area contributed by atoms with E-state index in [1.54, 1.807) is 24.3 Å². The monoisotopic (exact) mass is 479 g/mol. The van der Waals surface area contributed by atoms with Gasteiger partial charge in [-0.05, 0) is 66.8 Å². The van der Waals surface area contributed by atoms with Crippen LogP contribution in [0.1, 0.15) is 33.6 Å². The smallest absolute Gasteiger partial charge is 0.239 e. The van der Waals surface area contributed by atoms with E-state index in [1.165, 1.54) is 0 Å². The van der Waals surface area contributed by atoms with Crippen LogP contribution in [0.5, 0.6) is 0 Å². The summed E-state index contributed by atoms with van der Waals surface area (Å²) in [5, 5.41) is 16.0. The number of hydrogen-bond donors (Lipinski definition) is 2. The largest absolute Gasteiger partial charge is 0.325 e. The van der Waals surface area contributed by atoms with Gasteiger partial charge in [0.15, 0.2) is 5.78 Å². The minimum absolute atomic E-state index is 0.199. The number of ketones is 1. The van der Waals surface area contributed by atoms with E-state index < -0.39 is 16.2 Å². The van der Waals surface area contributed by atoms with Crippen LogP contribution in [-0.4, -0.2) is 17.4 Å². The Hall–Kier alpha value is -4.13. The SMILES string of the molecule is CC12CCC(C(=O)Nc3ccc(N=Nc4ccccc4)cc3)(C(=O)C1=NNc1ccccc1)C2(C)C. The van der Waals surface area contributed by atoms with Gasteiger partial charge in [0.05, 0.1) is 17.1 Å². The number of benzene rings is 3. The van der Waals surface area contributed by atoms with Crippen LogP contribution >= 0.6 is 0 Å². The molecule has 2 bridgehead atoms. The zero-order valence-electron chi connectivity index (χ0n) is 20.7. The second kappa shape index (κ2) is 8.82. The molecule has 0 aliphatic heterocycles. The lowest BCUT2D eigenvalue weighted by Crippen LogP contribution is -2.47. The molecule has 7 nitrogen and oxygen atoms in total. The van der Waals surface area contributed by atoms with Crippen LogP contribution in [0.3, 0.4) is 0 Å². The Labute approximate surface area is 210 Å². The molecule has 0 aromatic heterocycles. The molecule has 2 fully saturated rings. The van der Waals surface area contributed by atoms with Gasteiger partial charge in [-0.25, -0.2) is 0 Å². The molecule has 0 heterocycles. The zero-order chi connectivity index (χ0) is 25.4. The van der Waals surface area contributed by atoms with Crippen LogP contribution in [0.4, 0.5) is 22.7 Å². The summed E-state index contributed by atoms with van der Waals surface area (Å²) in [5.74, 6) is -0.486. The first-order valence-electron chi connectivity index (χ1n) is 12.1. The highest BCUT2D eigenvalue weighted by Gasteiger charge is 2.76. The first kappa shape index (κ1) is 23.6. The Kier molecular flexibility index (Phi) is 5.79. The number of Topliss-reactive ketones (excluding diaryl/α,β-unsaturated/α-hetero) is 1. The number of anilines is 2. The van der Waals surface area contributed by atoms with Gasteiger partial charge in [-0.3, -0.25) is 15.0 Å². The molecule has 2 N–H and O–H groups in total.